The lowest BCUT2D eigenvalue weighted by molar-refractivity contribution is -0.117. The lowest BCUT2D eigenvalue weighted by Crippen LogP contribution is -2.23. The second kappa shape index (κ2) is 8.74. The summed E-state index contributed by atoms with van der Waals surface area (Å²) >= 11 is 0. The van der Waals surface area contributed by atoms with Gasteiger partial charge in [0, 0.05) is 29.6 Å². The molecule has 0 radical (unpaired) electrons. The quantitative estimate of drug-likeness (QED) is 0.339. The first-order valence-electron chi connectivity index (χ1n) is 10.9. The predicted molar refractivity (Wildman–Crippen MR) is 126 cm³/mol. The van der Waals surface area contributed by atoms with Crippen LogP contribution >= 0.6 is 0 Å². The maximum Gasteiger partial charge on any atom is 0.338 e. The van der Waals surface area contributed by atoms with Crippen molar-refractivity contribution in [3.8, 4) is 11.3 Å². The lowest BCUT2D eigenvalue weighted by atomic mass is 10.0. The molecule has 1 saturated heterocycles. The Morgan fingerprint density at radius 3 is 2.36 bits per heavy atom. The van der Waals surface area contributed by atoms with Gasteiger partial charge in [-0.25, -0.2) is 4.79 Å². The van der Waals surface area contributed by atoms with Crippen molar-refractivity contribution in [3.63, 3.8) is 0 Å². The van der Waals surface area contributed by atoms with Gasteiger partial charge in [0.05, 0.1) is 16.8 Å². The van der Waals surface area contributed by atoms with Gasteiger partial charge in [-0.1, -0.05) is 48.5 Å². The molecule has 6 nitrogen and oxygen atoms in total. The number of carbonyl (C=O) groups excluding carboxylic acids is 3. The molecule has 0 saturated carbocycles. The molecule has 33 heavy (non-hydrogen) atoms. The van der Waals surface area contributed by atoms with Gasteiger partial charge >= 0.3 is 5.97 Å². The Hall–Kier alpha value is -4.19. The standard InChI is InChI=1S/C27H22N2O4/c30-23(17-33-27(32)19-12-14-20(15-13-19)29-16-6-11-24(29)31)25-21-9-4-5-10-22(21)28-26(25)18-7-2-1-3-8-18/h1-5,7-10,12-15,28H,6,11,16-17H2. The van der Waals surface area contributed by atoms with E-state index in [1.54, 1.807) is 29.2 Å². The highest BCUT2D eigenvalue weighted by molar-refractivity contribution is 6.14. The number of rotatable bonds is 6. The summed E-state index contributed by atoms with van der Waals surface area (Å²) in [5.74, 6) is -0.772. The monoisotopic (exact) mass is 438 g/mol. The van der Waals surface area contributed by atoms with Crippen LogP contribution < -0.4 is 4.90 Å². The molecular formula is C27H22N2O4. The van der Waals surface area contributed by atoms with E-state index in [4.69, 9.17) is 4.74 Å². The van der Waals surface area contributed by atoms with Gasteiger partial charge in [0.25, 0.3) is 0 Å². The van der Waals surface area contributed by atoms with E-state index in [1.807, 2.05) is 54.6 Å². The van der Waals surface area contributed by atoms with E-state index in [0.717, 1.165) is 28.6 Å². The molecule has 164 valence electrons. The molecule has 1 aromatic heterocycles. The normalized spacial score (nSPS) is 13.5. The third-order valence-corrected chi connectivity index (χ3v) is 5.87. The molecule has 0 bridgehead atoms. The average Bonchev–Trinajstić information content (AvgIpc) is 3.46. The van der Waals surface area contributed by atoms with Gasteiger partial charge in [-0.15, -0.1) is 0 Å². The fourth-order valence-electron chi connectivity index (χ4n) is 4.24. The average molecular weight is 438 g/mol. The third-order valence-electron chi connectivity index (χ3n) is 5.87. The van der Waals surface area contributed by atoms with Crippen LogP contribution in [0, 0.1) is 0 Å². The van der Waals surface area contributed by atoms with Crippen molar-refractivity contribution < 1.29 is 19.1 Å². The highest BCUT2D eigenvalue weighted by Gasteiger charge is 2.23. The van der Waals surface area contributed by atoms with Crippen molar-refractivity contribution in [1.29, 1.82) is 0 Å². The van der Waals surface area contributed by atoms with Crippen LogP contribution in [0.1, 0.15) is 33.6 Å². The number of nitrogens with zero attached hydrogens (tertiary/aromatic N) is 1. The zero-order chi connectivity index (χ0) is 22.8. The highest BCUT2D eigenvalue weighted by atomic mass is 16.5. The number of H-pyrrole nitrogens is 1. The summed E-state index contributed by atoms with van der Waals surface area (Å²) in [4.78, 5) is 42.7. The molecule has 1 fully saturated rings. The van der Waals surface area contributed by atoms with Gasteiger partial charge in [-0.3, -0.25) is 9.59 Å². The molecule has 6 heteroatoms. The van der Waals surface area contributed by atoms with Crippen molar-refractivity contribution in [2.75, 3.05) is 18.1 Å². The van der Waals surface area contributed by atoms with Crippen LogP contribution in [0.4, 0.5) is 5.69 Å². The smallest absolute Gasteiger partial charge is 0.338 e. The maximum atomic E-state index is 13.2. The fourth-order valence-corrected chi connectivity index (χ4v) is 4.24. The molecule has 0 atom stereocenters. The number of hydrogen-bond donors (Lipinski definition) is 1. The summed E-state index contributed by atoms with van der Waals surface area (Å²) in [7, 11) is 0. The highest BCUT2D eigenvalue weighted by Crippen LogP contribution is 2.31. The predicted octanol–water partition coefficient (Wildman–Crippen LogP) is 5.00. The van der Waals surface area contributed by atoms with Crippen molar-refractivity contribution in [1.82, 2.24) is 4.98 Å². The van der Waals surface area contributed by atoms with Crippen LogP contribution in [0.25, 0.3) is 22.2 Å². The van der Waals surface area contributed by atoms with Crippen LogP contribution in [0.2, 0.25) is 0 Å². The molecule has 4 aromatic rings. The number of ketones is 1. The van der Waals surface area contributed by atoms with Crippen LogP contribution in [-0.4, -0.2) is 35.8 Å². The number of anilines is 1. The Kier molecular flexibility index (Phi) is 5.48. The van der Waals surface area contributed by atoms with E-state index < -0.39 is 5.97 Å². The Balaban J connectivity index is 1.34. The number of para-hydroxylation sites is 1. The number of amides is 1. The molecule has 1 N–H and O–H groups in total. The number of nitrogens with one attached hydrogen (secondary N) is 1. The molecule has 1 amide bonds. The van der Waals surface area contributed by atoms with Gasteiger partial charge < -0.3 is 14.6 Å². The number of benzene rings is 3. The molecule has 3 aromatic carbocycles. The molecule has 1 aliphatic heterocycles. The Morgan fingerprint density at radius 2 is 1.64 bits per heavy atom. The first-order valence-corrected chi connectivity index (χ1v) is 10.9. The van der Waals surface area contributed by atoms with E-state index in [1.165, 1.54) is 0 Å². The summed E-state index contributed by atoms with van der Waals surface area (Å²) in [6.45, 7) is 0.318. The van der Waals surface area contributed by atoms with Crippen LogP contribution in [-0.2, 0) is 9.53 Å². The summed E-state index contributed by atoms with van der Waals surface area (Å²) in [6, 6.07) is 23.9. The molecule has 0 unspecified atom stereocenters. The van der Waals surface area contributed by atoms with Gasteiger partial charge in [-0.05, 0) is 42.3 Å². The second-order valence-electron chi connectivity index (χ2n) is 7.98. The van der Waals surface area contributed by atoms with Crippen molar-refractivity contribution >= 4 is 34.3 Å². The molecule has 0 spiro atoms. The summed E-state index contributed by atoms with van der Waals surface area (Å²) in [6.07, 6.45) is 1.38. The summed E-state index contributed by atoms with van der Waals surface area (Å²) in [5, 5.41) is 0.789. The number of carbonyl (C=O) groups is 3. The SMILES string of the molecule is O=C(OCC(=O)c1c(-c2ccccc2)[nH]c2ccccc12)c1ccc(N2CCCC2=O)cc1. The molecule has 0 aliphatic carbocycles. The Labute approximate surface area is 190 Å². The third kappa shape index (κ3) is 4.03. The lowest BCUT2D eigenvalue weighted by Gasteiger charge is -2.15. The fraction of sp³-hybridized carbons (Fsp3) is 0.148. The van der Waals surface area contributed by atoms with E-state index in [0.29, 0.717) is 29.8 Å². The number of aromatic nitrogens is 1. The van der Waals surface area contributed by atoms with Crippen molar-refractivity contribution in [3.05, 3.63) is 90.0 Å². The minimum Gasteiger partial charge on any atom is -0.454 e. The number of ether oxygens (including phenoxy) is 1. The van der Waals surface area contributed by atoms with Gasteiger partial charge in [0.2, 0.25) is 11.7 Å². The second-order valence-corrected chi connectivity index (χ2v) is 7.98. The van der Waals surface area contributed by atoms with Crippen molar-refractivity contribution in [2.45, 2.75) is 12.8 Å². The summed E-state index contributed by atoms with van der Waals surface area (Å²) < 4.78 is 5.36. The van der Waals surface area contributed by atoms with E-state index in [9.17, 15) is 14.4 Å². The minimum absolute atomic E-state index is 0.0869. The number of aromatic amines is 1. The summed E-state index contributed by atoms with van der Waals surface area (Å²) in [5.41, 5.74) is 4.04. The van der Waals surface area contributed by atoms with Crippen LogP contribution in [0.15, 0.2) is 78.9 Å². The zero-order valence-electron chi connectivity index (χ0n) is 17.9. The number of Topliss-reactive ketones (excluding diaryl/α,β-unsaturated/α-hetero) is 1. The molecular weight excluding hydrogens is 416 g/mol. The van der Waals surface area contributed by atoms with Gasteiger partial charge in [0.1, 0.15) is 0 Å². The Bertz CT molecular complexity index is 1340. The minimum atomic E-state index is -0.580. The van der Waals surface area contributed by atoms with Gasteiger partial charge in [-0.2, -0.15) is 0 Å². The van der Waals surface area contributed by atoms with Crippen LogP contribution in [0.5, 0.6) is 0 Å². The maximum absolute atomic E-state index is 13.2. The van der Waals surface area contributed by atoms with E-state index in [-0.39, 0.29) is 18.3 Å². The first kappa shape index (κ1) is 20.7. The topological polar surface area (TPSA) is 79.5 Å². The van der Waals surface area contributed by atoms with Crippen molar-refractivity contribution in [2.24, 2.45) is 0 Å². The van der Waals surface area contributed by atoms with E-state index in [2.05, 4.69) is 4.98 Å². The van der Waals surface area contributed by atoms with Gasteiger partial charge in [0.15, 0.2) is 6.61 Å². The number of hydrogen-bond acceptors (Lipinski definition) is 4. The number of esters is 1. The van der Waals surface area contributed by atoms with Crippen LogP contribution in [0.3, 0.4) is 0 Å². The largest absolute Gasteiger partial charge is 0.454 e. The zero-order valence-corrected chi connectivity index (χ0v) is 17.9. The van der Waals surface area contributed by atoms with E-state index >= 15 is 0 Å². The molecule has 1 aliphatic rings. The number of fused-ring (bicyclic) bond motifs is 1. The Morgan fingerprint density at radius 1 is 0.909 bits per heavy atom. The molecule has 5 rings (SSSR count). The first-order chi connectivity index (χ1) is 16.1. The molecule has 2 heterocycles.